The van der Waals surface area contributed by atoms with E-state index in [1.807, 2.05) is 0 Å². The first kappa shape index (κ1) is 15.7. The molecule has 0 atom stereocenters. The molecule has 0 aliphatic carbocycles. The van der Waals surface area contributed by atoms with Gasteiger partial charge in [-0.05, 0) is 13.8 Å². The summed E-state index contributed by atoms with van der Waals surface area (Å²) in [6.45, 7) is 3.44. The molecule has 2 radical (unpaired) electrons. The molecule has 1 nitrogen and oxygen atoms in total. The average molecular weight is 106 g/mol. The summed E-state index contributed by atoms with van der Waals surface area (Å²) in [5, 5.41) is 8.06. The van der Waals surface area contributed by atoms with Crippen LogP contribution < -0.4 is 0 Å². The van der Waals surface area contributed by atoms with Gasteiger partial charge in [-0.1, -0.05) is 0 Å². The molecule has 0 aliphatic rings. The van der Waals surface area contributed by atoms with Crippen molar-refractivity contribution in [3.63, 3.8) is 0 Å². The van der Waals surface area contributed by atoms with Crippen LogP contribution in [-0.2, 0) is 0 Å². The average Bonchev–Trinajstić information content (AvgIpc) is 0.811. The summed E-state index contributed by atoms with van der Waals surface area (Å²) in [5.41, 5.74) is 0. The molecule has 0 unspecified atom stereocenters. The summed E-state index contributed by atoms with van der Waals surface area (Å²) in [4.78, 5) is 0. The first-order valence-corrected chi connectivity index (χ1v) is 1.41. The molecule has 1 N–H and O–H groups in total. The van der Waals surface area contributed by atoms with Crippen LogP contribution in [0.2, 0.25) is 0 Å². The number of aliphatic hydroxyl groups is 1. The zero-order chi connectivity index (χ0) is 3.58. The van der Waals surface area contributed by atoms with Crippen LogP contribution in [0.25, 0.3) is 0 Å². The third kappa shape index (κ3) is 38.2. The second-order valence-electron chi connectivity index (χ2n) is 1.09. The monoisotopic (exact) mass is 106 g/mol. The molecule has 3 heteroatoms. The van der Waals surface area contributed by atoms with Crippen LogP contribution in [0.15, 0.2) is 0 Å². The van der Waals surface area contributed by atoms with Gasteiger partial charge in [0.2, 0.25) is 0 Å². The normalized spacial score (nSPS) is 6.00. The fourth-order valence-corrected chi connectivity index (χ4v) is 0. The number of hydrogen-bond acceptors (Lipinski definition) is 1. The molecule has 0 spiro atoms. The maximum atomic E-state index is 8.06. The Bertz CT molecular complexity index is 13.5. The Kier molecular flexibility index (Phi) is 26.3. The summed E-state index contributed by atoms with van der Waals surface area (Å²) < 4.78 is 0. The minimum atomic E-state index is -0.167. The van der Waals surface area contributed by atoms with Gasteiger partial charge in [-0.25, -0.2) is 0 Å². The van der Waals surface area contributed by atoms with Crippen molar-refractivity contribution in [3.8, 4) is 0 Å². The van der Waals surface area contributed by atoms with Crippen LogP contribution in [0, 0.1) is 0 Å². The van der Waals surface area contributed by atoms with E-state index < -0.39 is 0 Å². The topological polar surface area (TPSA) is 20.2 Å². The van der Waals surface area contributed by atoms with Gasteiger partial charge in [-0.15, -0.1) is 0 Å². The molecule has 0 fully saturated rings. The van der Waals surface area contributed by atoms with Gasteiger partial charge in [-0.3, -0.25) is 0 Å². The van der Waals surface area contributed by atoms with Crippen molar-refractivity contribution < 1.29 is 5.11 Å². The summed E-state index contributed by atoms with van der Waals surface area (Å²) in [7, 11) is 0. The predicted octanol–water partition coefficient (Wildman–Crippen LogP) is -0.374. The minimum absolute atomic E-state index is 0. The molecule has 0 aromatic heterocycles. The molecular weight excluding hydrogens is 98.0 g/mol. The van der Waals surface area contributed by atoms with Gasteiger partial charge >= 0.3 is 0 Å². The summed E-state index contributed by atoms with van der Waals surface area (Å²) in [6, 6.07) is 0. The molecule has 0 aliphatic heterocycles. The molecule has 28 valence electrons. The van der Waals surface area contributed by atoms with E-state index in [4.69, 9.17) is 5.11 Å². The molecule has 0 bridgehead atoms. The third-order valence-corrected chi connectivity index (χ3v) is 0. The van der Waals surface area contributed by atoms with E-state index in [1.54, 1.807) is 13.8 Å². The first-order chi connectivity index (χ1) is 1.73. The molecule has 0 saturated carbocycles. The van der Waals surface area contributed by atoms with E-state index in [0.29, 0.717) is 0 Å². The van der Waals surface area contributed by atoms with Crippen molar-refractivity contribution in [3.05, 3.63) is 0 Å². The maximum Gasteiger partial charge on any atom is 0.0483 e. The van der Waals surface area contributed by atoms with Gasteiger partial charge in [0.05, 0.1) is 0 Å². The van der Waals surface area contributed by atoms with Crippen molar-refractivity contribution in [1.82, 2.24) is 0 Å². The van der Waals surface area contributed by atoms with E-state index in [0.717, 1.165) is 0 Å². The van der Waals surface area contributed by atoms with E-state index in [2.05, 4.69) is 0 Å². The van der Waals surface area contributed by atoms with Gasteiger partial charge in [-0.2, -0.15) is 0 Å². The van der Waals surface area contributed by atoms with E-state index in [1.165, 1.54) is 0 Å². The summed E-state index contributed by atoms with van der Waals surface area (Å²) >= 11 is 0. The standard InChI is InChI=1S/C3H8O.2Na/c1-3(2)4;;/h3-4H,1-2H3;;. The van der Waals surface area contributed by atoms with Crippen LogP contribution in [-0.4, -0.2) is 70.3 Å². The van der Waals surface area contributed by atoms with Crippen LogP contribution in [0.4, 0.5) is 0 Å². The minimum Gasteiger partial charge on any atom is -0.394 e. The van der Waals surface area contributed by atoms with Crippen molar-refractivity contribution in [1.29, 1.82) is 0 Å². The zero-order valence-electron chi connectivity index (χ0n) is 5.02. The predicted molar refractivity (Wildman–Crippen MR) is 28.9 cm³/mol. The molecule has 0 aromatic carbocycles. The Labute approximate surface area is 83.1 Å². The van der Waals surface area contributed by atoms with Crippen LogP contribution in [0.1, 0.15) is 13.8 Å². The van der Waals surface area contributed by atoms with E-state index >= 15 is 0 Å². The molecule has 6 heavy (non-hydrogen) atoms. The summed E-state index contributed by atoms with van der Waals surface area (Å²) in [5.74, 6) is 0. The van der Waals surface area contributed by atoms with E-state index in [9.17, 15) is 0 Å². The van der Waals surface area contributed by atoms with Crippen molar-refractivity contribution >= 4 is 59.1 Å². The number of hydrogen-bond donors (Lipinski definition) is 1. The van der Waals surface area contributed by atoms with Gasteiger partial charge < -0.3 is 5.11 Å². The molecule has 0 rings (SSSR count). The fourth-order valence-electron chi connectivity index (χ4n) is 0. The van der Waals surface area contributed by atoms with Gasteiger partial charge in [0, 0.05) is 65.2 Å². The molecule has 0 saturated heterocycles. The largest absolute Gasteiger partial charge is 0.394 e. The van der Waals surface area contributed by atoms with Crippen molar-refractivity contribution in [2.45, 2.75) is 20.0 Å². The Morgan fingerprint density at radius 1 is 1.17 bits per heavy atom. The van der Waals surface area contributed by atoms with Crippen LogP contribution >= 0.6 is 0 Å². The molecule has 0 heterocycles. The molecular formula is C3H8Na2O. The fraction of sp³-hybridized carbons (Fsp3) is 1.00. The van der Waals surface area contributed by atoms with Gasteiger partial charge in [0.25, 0.3) is 0 Å². The summed E-state index contributed by atoms with van der Waals surface area (Å²) in [6.07, 6.45) is -0.167. The Hall–Kier alpha value is 1.96. The maximum absolute atomic E-state index is 8.06. The quantitative estimate of drug-likeness (QED) is 0.417. The number of aliphatic hydroxyl groups excluding tert-OH is 1. The molecule has 0 amide bonds. The molecule has 0 aromatic rings. The smallest absolute Gasteiger partial charge is 0.0483 e. The zero-order valence-corrected chi connectivity index (χ0v) is 9.02. The number of rotatable bonds is 0. The van der Waals surface area contributed by atoms with E-state index in [-0.39, 0.29) is 65.2 Å². The van der Waals surface area contributed by atoms with Crippen LogP contribution in [0.5, 0.6) is 0 Å². The Morgan fingerprint density at radius 2 is 1.17 bits per heavy atom. The second kappa shape index (κ2) is 10.0. The van der Waals surface area contributed by atoms with Crippen LogP contribution in [0.3, 0.4) is 0 Å². The van der Waals surface area contributed by atoms with Gasteiger partial charge in [0.1, 0.15) is 0 Å². The van der Waals surface area contributed by atoms with Crippen molar-refractivity contribution in [2.24, 2.45) is 0 Å². The third-order valence-electron chi connectivity index (χ3n) is 0. The Balaban J connectivity index is -0.0000000450. The first-order valence-electron chi connectivity index (χ1n) is 1.41. The SMILES string of the molecule is CC(C)O.[Na].[Na]. The second-order valence-corrected chi connectivity index (χ2v) is 1.09. The Morgan fingerprint density at radius 3 is 1.17 bits per heavy atom. The van der Waals surface area contributed by atoms with Crippen molar-refractivity contribution in [2.75, 3.05) is 0 Å². The van der Waals surface area contributed by atoms with Gasteiger partial charge in [0.15, 0.2) is 0 Å².